The lowest BCUT2D eigenvalue weighted by Gasteiger charge is -2.14. The third kappa shape index (κ3) is 5.26. The quantitative estimate of drug-likeness (QED) is 0.802. The maximum atomic E-state index is 13.6. The maximum absolute atomic E-state index is 13.6. The number of nitrogens with one attached hydrogen (secondary N) is 1. The van der Waals surface area contributed by atoms with Crippen LogP contribution in [0.2, 0.25) is 5.02 Å². The molecular weight excluding hydrogens is 333 g/mol. The third-order valence-corrected chi connectivity index (χ3v) is 4.81. The van der Waals surface area contributed by atoms with Gasteiger partial charge in [-0.2, -0.15) is 0 Å². The Kier molecular flexibility index (Phi) is 6.48. The van der Waals surface area contributed by atoms with Crippen LogP contribution in [0.3, 0.4) is 0 Å². The van der Waals surface area contributed by atoms with Crippen molar-refractivity contribution >= 4 is 29.3 Å². The molecule has 5 heteroatoms. The van der Waals surface area contributed by atoms with Gasteiger partial charge in [-0.15, -0.1) is 11.8 Å². The molecule has 0 bridgehead atoms. The van der Waals surface area contributed by atoms with Crippen LogP contribution in [-0.4, -0.2) is 11.7 Å². The summed E-state index contributed by atoms with van der Waals surface area (Å²) in [5.74, 6) is 0.229. The van der Waals surface area contributed by atoms with Crippen molar-refractivity contribution in [3.63, 3.8) is 0 Å². The minimum Gasteiger partial charge on any atom is -0.349 e. The van der Waals surface area contributed by atoms with E-state index in [1.54, 1.807) is 12.1 Å². The molecule has 2 nitrogen and oxygen atoms in total. The number of benzene rings is 2. The van der Waals surface area contributed by atoms with Crippen molar-refractivity contribution in [2.45, 2.75) is 25.6 Å². The van der Waals surface area contributed by atoms with Crippen LogP contribution in [0, 0.1) is 12.7 Å². The van der Waals surface area contributed by atoms with Crippen LogP contribution < -0.4 is 5.32 Å². The highest BCUT2D eigenvalue weighted by Gasteiger charge is 2.11. The smallest absolute Gasteiger partial charge is 0.230 e. The summed E-state index contributed by atoms with van der Waals surface area (Å²) in [5, 5.41) is 3.34. The molecule has 0 aliphatic rings. The minimum atomic E-state index is -0.335. The molecule has 0 saturated carbocycles. The molecule has 0 fully saturated rings. The highest BCUT2D eigenvalue weighted by atomic mass is 35.5. The summed E-state index contributed by atoms with van der Waals surface area (Å²) in [6.45, 7) is 3.97. The zero-order chi connectivity index (χ0) is 16.8. The topological polar surface area (TPSA) is 29.1 Å². The molecule has 0 aromatic heterocycles. The summed E-state index contributed by atoms with van der Waals surface area (Å²) >= 11 is 7.31. The fraction of sp³-hybridized carbons (Fsp3) is 0.278. The number of halogens is 2. The second-order valence-electron chi connectivity index (χ2n) is 5.39. The number of aryl methyl sites for hydroxylation is 1. The number of rotatable bonds is 6. The Balaban J connectivity index is 1.82. The van der Waals surface area contributed by atoms with E-state index in [1.807, 2.05) is 38.1 Å². The van der Waals surface area contributed by atoms with Crippen LogP contribution in [0.5, 0.6) is 0 Å². The first-order valence-electron chi connectivity index (χ1n) is 7.34. The molecule has 0 radical (unpaired) electrons. The summed E-state index contributed by atoms with van der Waals surface area (Å²) in [7, 11) is 0. The molecule has 0 unspecified atom stereocenters. The van der Waals surface area contributed by atoms with E-state index in [2.05, 4.69) is 5.32 Å². The van der Waals surface area contributed by atoms with E-state index in [1.165, 1.54) is 23.4 Å². The van der Waals surface area contributed by atoms with Gasteiger partial charge in [0.2, 0.25) is 5.91 Å². The van der Waals surface area contributed by atoms with E-state index in [0.29, 0.717) is 16.3 Å². The zero-order valence-electron chi connectivity index (χ0n) is 13.1. The highest BCUT2D eigenvalue weighted by molar-refractivity contribution is 7.99. The van der Waals surface area contributed by atoms with Crippen LogP contribution >= 0.6 is 23.4 Å². The van der Waals surface area contributed by atoms with Gasteiger partial charge in [0.15, 0.2) is 0 Å². The first-order chi connectivity index (χ1) is 11.0. The molecule has 1 N–H and O–H groups in total. The Morgan fingerprint density at radius 2 is 1.96 bits per heavy atom. The molecule has 122 valence electrons. The van der Waals surface area contributed by atoms with E-state index >= 15 is 0 Å². The average molecular weight is 352 g/mol. The lowest BCUT2D eigenvalue weighted by molar-refractivity contribution is -0.119. The Morgan fingerprint density at radius 1 is 1.26 bits per heavy atom. The Bertz CT molecular complexity index is 655. The summed E-state index contributed by atoms with van der Waals surface area (Å²) in [4.78, 5) is 12.0. The van der Waals surface area contributed by atoms with Gasteiger partial charge in [0.1, 0.15) is 5.82 Å². The summed E-state index contributed by atoms with van der Waals surface area (Å²) in [5.41, 5.74) is 2.69. The molecule has 0 spiro atoms. The Morgan fingerprint density at radius 3 is 2.61 bits per heavy atom. The lowest BCUT2D eigenvalue weighted by Crippen LogP contribution is -2.28. The van der Waals surface area contributed by atoms with Gasteiger partial charge in [-0.3, -0.25) is 4.79 Å². The van der Waals surface area contributed by atoms with Crippen LogP contribution in [0.1, 0.15) is 29.7 Å². The van der Waals surface area contributed by atoms with Gasteiger partial charge in [-0.1, -0.05) is 47.5 Å². The number of carbonyl (C=O) groups excluding carboxylic acids is 1. The van der Waals surface area contributed by atoms with Gasteiger partial charge in [-0.25, -0.2) is 4.39 Å². The second kappa shape index (κ2) is 8.37. The number of thioether (sulfide) groups is 1. The van der Waals surface area contributed by atoms with Crippen molar-refractivity contribution in [3.8, 4) is 0 Å². The van der Waals surface area contributed by atoms with Crippen molar-refractivity contribution in [2.24, 2.45) is 0 Å². The van der Waals surface area contributed by atoms with E-state index in [4.69, 9.17) is 11.6 Å². The number of amides is 1. The van der Waals surface area contributed by atoms with E-state index < -0.39 is 0 Å². The van der Waals surface area contributed by atoms with Crippen molar-refractivity contribution in [2.75, 3.05) is 5.75 Å². The molecular formula is C18H19ClFNOS. The number of hydrogen-bond donors (Lipinski definition) is 1. The highest BCUT2D eigenvalue weighted by Crippen LogP contribution is 2.24. The molecule has 2 aromatic carbocycles. The van der Waals surface area contributed by atoms with Crippen LogP contribution in [0.4, 0.5) is 4.39 Å². The van der Waals surface area contributed by atoms with E-state index in [0.717, 1.165) is 5.56 Å². The van der Waals surface area contributed by atoms with Crippen molar-refractivity contribution in [3.05, 3.63) is 70.0 Å². The molecule has 0 heterocycles. The SMILES string of the molecule is Cc1ccc([C@H](C)NC(=O)CSCc2c(F)cccc2Cl)cc1. The normalized spacial score (nSPS) is 12.0. The Labute approximate surface area is 145 Å². The fourth-order valence-electron chi connectivity index (χ4n) is 2.14. The number of carbonyl (C=O) groups is 1. The monoisotopic (exact) mass is 351 g/mol. The molecule has 2 rings (SSSR count). The predicted molar refractivity (Wildman–Crippen MR) is 95.3 cm³/mol. The number of hydrogen-bond acceptors (Lipinski definition) is 2. The molecule has 1 atom stereocenters. The van der Waals surface area contributed by atoms with Gasteiger partial charge in [0.25, 0.3) is 0 Å². The molecule has 1 amide bonds. The first kappa shape index (κ1) is 17.8. The zero-order valence-corrected chi connectivity index (χ0v) is 14.7. The molecule has 0 saturated heterocycles. The standard InChI is InChI=1S/C18H19ClFNOS/c1-12-6-8-14(9-7-12)13(2)21-18(22)11-23-10-15-16(19)4-3-5-17(15)20/h3-9,13H,10-11H2,1-2H3,(H,21,22)/t13-/m0/s1. The van der Waals surface area contributed by atoms with Crippen molar-refractivity contribution in [1.29, 1.82) is 0 Å². The first-order valence-corrected chi connectivity index (χ1v) is 8.87. The van der Waals surface area contributed by atoms with Crippen molar-refractivity contribution in [1.82, 2.24) is 5.32 Å². The molecule has 0 aliphatic heterocycles. The third-order valence-electron chi connectivity index (χ3n) is 3.50. The maximum Gasteiger partial charge on any atom is 0.230 e. The van der Waals surface area contributed by atoms with E-state index in [-0.39, 0.29) is 23.5 Å². The lowest BCUT2D eigenvalue weighted by atomic mass is 10.1. The summed E-state index contributed by atoms with van der Waals surface area (Å²) < 4.78 is 13.6. The summed E-state index contributed by atoms with van der Waals surface area (Å²) in [6, 6.07) is 12.6. The van der Waals surface area contributed by atoms with Gasteiger partial charge in [0.05, 0.1) is 11.8 Å². The largest absolute Gasteiger partial charge is 0.349 e. The van der Waals surface area contributed by atoms with Crippen LogP contribution in [-0.2, 0) is 10.5 Å². The van der Waals surface area contributed by atoms with Crippen LogP contribution in [0.15, 0.2) is 42.5 Å². The second-order valence-corrected chi connectivity index (χ2v) is 6.79. The van der Waals surface area contributed by atoms with Gasteiger partial charge < -0.3 is 5.32 Å². The van der Waals surface area contributed by atoms with Crippen LogP contribution in [0.25, 0.3) is 0 Å². The Hall–Kier alpha value is -1.52. The minimum absolute atomic E-state index is 0.0549. The average Bonchev–Trinajstić information content (AvgIpc) is 2.51. The van der Waals surface area contributed by atoms with E-state index in [9.17, 15) is 9.18 Å². The predicted octanol–water partition coefficient (Wildman–Crippen LogP) is 4.90. The molecule has 2 aromatic rings. The van der Waals surface area contributed by atoms with Gasteiger partial charge >= 0.3 is 0 Å². The molecule has 0 aliphatic carbocycles. The summed E-state index contributed by atoms with van der Waals surface area (Å²) in [6.07, 6.45) is 0. The van der Waals surface area contributed by atoms with Crippen molar-refractivity contribution < 1.29 is 9.18 Å². The fourth-order valence-corrected chi connectivity index (χ4v) is 3.31. The van der Waals surface area contributed by atoms with Gasteiger partial charge in [-0.05, 0) is 31.5 Å². The van der Waals surface area contributed by atoms with Gasteiger partial charge in [0, 0.05) is 16.3 Å². The molecule has 23 heavy (non-hydrogen) atoms.